The van der Waals surface area contributed by atoms with Crippen LogP contribution in [0.15, 0.2) is 85.5 Å². The van der Waals surface area contributed by atoms with Crippen LogP contribution in [0.25, 0.3) is 5.57 Å². The fourth-order valence-corrected chi connectivity index (χ4v) is 3.57. The van der Waals surface area contributed by atoms with Crippen LogP contribution in [0.3, 0.4) is 0 Å². The topological polar surface area (TPSA) is 21.3 Å². The summed E-state index contributed by atoms with van der Waals surface area (Å²) in [5.74, 6) is 1.41. The van der Waals surface area contributed by atoms with Crippen molar-refractivity contribution in [1.29, 1.82) is 0 Å². The fourth-order valence-electron chi connectivity index (χ4n) is 3.57. The summed E-state index contributed by atoms with van der Waals surface area (Å²) in [7, 11) is 0. The van der Waals surface area contributed by atoms with Crippen LogP contribution >= 0.6 is 0 Å². The van der Waals surface area contributed by atoms with Crippen LogP contribution < -0.4 is 10.1 Å². The van der Waals surface area contributed by atoms with Crippen LogP contribution in [0, 0.1) is 5.92 Å². The number of hydrogen-bond acceptors (Lipinski definition) is 2. The smallest absolute Gasteiger partial charge is 0.128 e. The van der Waals surface area contributed by atoms with Crippen molar-refractivity contribution < 1.29 is 4.74 Å². The number of hydrogen-bond donors (Lipinski definition) is 1. The molecular formula is C25H29NO. The number of para-hydroxylation sites is 1. The summed E-state index contributed by atoms with van der Waals surface area (Å²) in [5, 5.41) is 3.46. The maximum absolute atomic E-state index is 6.66. The normalized spacial score (nSPS) is 16.6. The van der Waals surface area contributed by atoms with Gasteiger partial charge in [-0.1, -0.05) is 79.4 Å². The van der Waals surface area contributed by atoms with Gasteiger partial charge in [-0.3, -0.25) is 0 Å². The average Bonchev–Trinajstić information content (AvgIpc) is 2.73. The van der Waals surface area contributed by atoms with E-state index in [1.165, 1.54) is 5.56 Å². The lowest BCUT2D eigenvalue weighted by Crippen LogP contribution is -2.32. The fraction of sp³-hybridized carbons (Fsp3) is 0.280. The van der Waals surface area contributed by atoms with Crippen LogP contribution in [-0.2, 0) is 0 Å². The van der Waals surface area contributed by atoms with Gasteiger partial charge in [-0.05, 0) is 50.1 Å². The number of benzene rings is 2. The van der Waals surface area contributed by atoms with Gasteiger partial charge in [-0.15, -0.1) is 0 Å². The highest BCUT2D eigenvalue weighted by atomic mass is 16.5. The lowest BCUT2D eigenvalue weighted by atomic mass is 9.88. The molecule has 0 amide bonds. The predicted octanol–water partition coefficient (Wildman–Crippen LogP) is 5.95. The van der Waals surface area contributed by atoms with E-state index in [0.717, 1.165) is 42.8 Å². The zero-order chi connectivity index (χ0) is 18.9. The molecule has 27 heavy (non-hydrogen) atoms. The Bertz CT molecular complexity index is 785. The number of rotatable bonds is 7. The van der Waals surface area contributed by atoms with E-state index in [9.17, 15) is 0 Å². The summed E-state index contributed by atoms with van der Waals surface area (Å²) in [5.41, 5.74) is 3.25. The number of allylic oxidation sites excluding steroid dienone is 5. The lowest BCUT2D eigenvalue weighted by molar-refractivity contribution is 0.112. The van der Waals surface area contributed by atoms with Crippen molar-refractivity contribution in [3.8, 4) is 5.75 Å². The molecule has 1 aliphatic rings. The second kappa shape index (κ2) is 9.94. The van der Waals surface area contributed by atoms with E-state index < -0.39 is 0 Å². The van der Waals surface area contributed by atoms with Crippen molar-refractivity contribution in [1.82, 2.24) is 5.32 Å². The molecule has 2 heteroatoms. The third-order valence-electron chi connectivity index (χ3n) is 5.03. The van der Waals surface area contributed by atoms with Gasteiger partial charge in [0.05, 0.1) is 0 Å². The van der Waals surface area contributed by atoms with Crippen LogP contribution in [0.4, 0.5) is 0 Å². The van der Waals surface area contributed by atoms with Gasteiger partial charge in [-0.2, -0.15) is 0 Å². The first-order chi connectivity index (χ1) is 13.3. The Morgan fingerprint density at radius 1 is 1.04 bits per heavy atom. The zero-order valence-electron chi connectivity index (χ0n) is 16.1. The van der Waals surface area contributed by atoms with Gasteiger partial charge in [0.15, 0.2) is 0 Å². The van der Waals surface area contributed by atoms with Crippen LogP contribution in [0.2, 0.25) is 0 Å². The Morgan fingerprint density at radius 2 is 1.74 bits per heavy atom. The third-order valence-corrected chi connectivity index (χ3v) is 5.03. The maximum atomic E-state index is 6.66. The van der Waals surface area contributed by atoms with Crippen LogP contribution in [0.1, 0.15) is 37.0 Å². The SMILES string of the molecule is C=C(/C=C\C=C/C)c1ccccc1OC(c1ccccc1)C1CCNCC1. The first-order valence-corrected chi connectivity index (χ1v) is 9.79. The minimum Gasteiger partial charge on any atom is -0.485 e. The highest BCUT2D eigenvalue weighted by molar-refractivity contribution is 5.76. The zero-order valence-corrected chi connectivity index (χ0v) is 16.1. The van der Waals surface area contributed by atoms with E-state index in [1.807, 2.05) is 43.4 Å². The quantitative estimate of drug-likeness (QED) is 0.617. The summed E-state index contributed by atoms with van der Waals surface area (Å²) < 4.78 is 6.66. The first-order valence-electron chi connectivity index (χ1n) is 9.79. The van der Waals surface area contributed by atoms with Crippen LogP contribution in [-0.4, -0.2) is 13.1 Å². The number of piperidine rings is 1. The minimum atomic E-state index is 0.0572. The summed E-state index contributed by atoms with van der Waals surface area (Å²) in [6, 6.07) is 18.8. The second-order valence-electron chi connectivity index (χ2n) is 6.94. The average molecular weight is 360 g/mol. The highest BCUT2D eigenvalue weighted by Gasteiger charge is 2.27. The molecule has 0 bridgehead atoms. The molecule has 0 aliphatic carbocycles. The van der Waals surface area contributed by atoms with E-state index in [4.69, 9.17) is 4.74 Å². The Labute approximate surface area is 163 Å². The minimum absolute atomic E-state index is 0.0572. The molecule has 1 heterocycles. The molecule has 2 aromatic rings. The molecule has 2 nitrogen and oxygen atoms in total. The Morgan fingerprint density at radius 3 is 2.48 bits per heavy atom. The van der Waals surface area contributed by atoms with Crippen molar-refractivity contribution in [2.45, 2.75) is 25.9 Å². The molecule has 0 aromatic heterocycles. The molecule has 1 unspecified atom stereocenters. The Balaban J connectivity index is 1.89. The van der Waals surface area contributed by atoms with Gasteiger partial charge in [0.2, 0.25) is 0 Å². The van der Waals surface area contributed by atoms with Crippen molar-refractivity contribution in [2.75, 3.05) is 13.1 Å². The molecule has 1 fully saturated rings. The van der Waals surface area contributed by atoms with Crippen LogP contribution in [0.5, 0.6) is 5.75 Å². The molecule has 3 rings (SSSR count). The van der Waals surface area contributed by atoms with E-state index in [1.54, 1.807) is 0 Å². The van der Waals surface area contributed by atoms with Crippen molar-refractivity contribution in [3.05, 3.63) is 96.6 Å². The molecular weight excluding hydrogens is 330 g/mol. The summed E-state index contributed by atoms with van der Waals surface area (Å²) in [4.78, 5) is 0. The van der Waals surface area contributed by atoms with E-state index >= 15 is 0 Å². The molecule has 1 atom stereocenters. The Kier molecular flexibility index (Phi) is 7.06. The molecule has 2 aromatic carbocycles. The molecule has 140 valence electrons. The summed E-state index contributed by atoms with van der Waals surface area (Å²) in [6.45, 7) is 8.35. The molecule has 1 N–H and O–H groups in total. The Hall–Kier alpha value is -2.58. The maximum Gasteiger partial charge on any atom is 0.128 e. The molecule has 0 saturated carbocycles. The van der Waals surface area contributed by atoms with E-state index in [0.29, 0.717) is 5.92 Å². The van der Waals surface area contributed by atoms with Crippen molar-refractivity contribution in [2.24, 2.45) is 5.92 Å². The van der Waals surface area contributed by atoms with Gasteiger partial charge >= 0.3 is 0 Å². The van der Waals surface area contributed by atoms with Gasteiger partial charge < -0.3 is 10.1 Å². The van der Waals surface area contributed by atoms with Crippen molar-refractivity contribution in [3.63, 3.8) is 0 Å². The number of nitrogens with one attached hydrogen (secondary N) is 1. The first kappa shape index (κ1) is 19.2. The lowest BCUT2D eigenvalue weighted by Gasteiger charge is -2.32. The summed E-state index contributed by atoms with van der Waals surface area (Å²) >= 11 is 0. The largest absolute Gasteiger partial charge is 0.485 e. The monoisotopic (exact) mass is 359 g/mol. The van der Waals surface area contributed by atoms with Gasteiger partial charge in [0, 0.05) is 11.5 Å². The molecule has 0 spiro atoms. The standard InChI is InChI=1S/C25H29NO/c1-3-4-6-11-20(2)23-14-9-10-15-24(23)27-25(21-12-7-5-8-13-21)22-16-18-26-19-17-22/h3-15,22,25-26H,2,16-19H2,1H3/b4-3-,11-6-. The van der Waals surface area contributed by atoms with E-state index in [-0.39, 0.29) is 6.10 Å². The van der Waals surface area contributed by atoms with Gasteiger partial charge in [0.1, 0.15) is 11.9 Å². The van der Waals surface area contributed by atoms with Crippen molar-refractivity contribution >= 4 is 5.57 Å². The van der Waals surface area contributed by atoms with E-state index in [2.05, 4.69) is 54.4 Å². The molecule has 1 saturated heterocycles. The third kappa shape index (κ3) is 5.21. The van der Waals surface area contributed by atoms with Gasteiger partial charge in [0.25, 0.3) is 0 Å². The van der Waals surface area contributed by atoms with Gasteiger partial charge in [-0.25, -0.2) is 0 Å². The summed E-state index contributed by atoms with van der Waals surface area (Å²) in [6.07, 6.45) is 10.4. The highest BCUT2D eigenvalue weighted by Crippen LogP contribution is 2.36. The molecule has 1 aliphatic heterocycles. The number of ether oxygens (including phenoxy) is 1. The molecule has 0 radical (unpaired) electrons. The second-order valence-corrected chi connectivity index (χ2v) is 6.94. The predicted molar refractivity (Wildman–Crippen MR) is 115 cm³/mol.